The van der Waals surface area contributed by atoms with Crippen molar-refractivity contribution in [1.82, 2.24) is 4.90 Å². The topological polar surface area (TPSA) is 49.8 Å². The van der Waals surface area contributed by atoms with E-state index in [0.29, 0.717) is 12.6 Å². The summed E-state index contributed by atoms with van der Waals surface area (Å²) in [5.41, 5.74) is 0. The number of hydrogen-bond donors (Lipinski definition) is 1. The quantitative estimate of drug-likeness (QED) is 0.711. The van der Waals surface area contributed by atoms with Crippen molar-refractivity contribution in [2.75, 3.05) is 19.8 Å². The van der Waals surface area contributed by atoms with Gasteiger partial charge in [-0.3, -0.25) is 9.69 Å². The van der Waals surface area contributed by atoms with Gasteiger partial charge in [-0.15, -0.1) is 0 Å². The highest BCUT2D eigenvalue weighted by Crippen LogP contribution is 2.24. The Morgan fingerprint density at radius 1 is 1.43 bits per heavy atom. The molecule has 0 radical (unpaired) electrons. The van der Waals surface area contributed by atoms with Crippen molar-refractivity contribution in [1.29, 1.82) is 0 Å². The number of carboxylic acids is 1. The molecule has 0 aliphatic carbocycles. The summed E-state index contributed by atoms with van der Waals surface area (Å²) >= 11 is 0. The molecule has 14 heavy (non-hydrogen) atoms. The van der Waals surface area contributed by atoms with Crippen LogP contribution in [0.3, 0.4) is 0 Å². The average Bonchev–Trinajstić information content (AvgIpc) is 2.18. The number of morpholine rings is 1. The molecule has 2 heterocycles. The fraction of sp³-hybridized carbons (Fsp3) is 0.900. The molecule has 2 aliphatic rings. The van der Waals surface area contributed by atoms with Gasteiger partial charge in [0.15, 0.2) is 0 Å². The van der Waals surface area contributed by atoms with Gasteiger partial charge in [-0.25, -0.2) is 0 Å². The molecule has 2 fully saturated rings. The number of aliphatic carboxylic acids is 1. The van der Waals surface area contributed by atoms with Crippen LogP contribution in [-0.2, 0) is 9.53 Å². The summed E-state index contributed by atoms with van der Waals surface area (Å²) in [6.07, 6.45) is 3.84. The van der Waals surface area contributed by atoms with Gasteiger partial charge < -0.3 is 9.84 Å². The van der Waals surface area contributed by atoms with Crippen molar-refractivity contribution in [3.63, 3.8) is 0 Å². The number of fused-ring (bicyclic) bond motifs is 1. The number of hydrogen-bond acceptors (Lipinski definition) is 3. The van der Waals surface area contributed by atoms with Gasteiger partial charge in [-0.1, -0.05) is 6.42 Å². The van der Waals surface area contributed by atoms with Crippen LogP contribution in [-0.4, -0.2) is 47.8 Å². The van der Waals surface area contributed by atoms with Crippen molar-refractivity contribution in [3.8, 4) is 0 Å². The first-order valence-electron chi connectivity index (χ1n) is 5.32. The van der Waals surface area contributed by atoms with E-state index in [4.69, 9.17) is 9.84 Å². The Morgan fingerprint density at radius 3 is 3.07 bits per heavy atom. The number of carboxylic acid groups (broad SMARTS) is 1. The summed E-state index contributed by atoms with van der Waals surface area (Å²) in [4.78, 5) is 13.0. The molecule has 80 valence electrons. The lowest BCUT2D eigenvalue weighted by Gasteiger charge is -2.44. The molecule has 4 nitrogen and oxygen atoms in total. The Bertz CT molecular complexity index is 217. The molecule has 0 bridgehead atoms. The molecule has 0 aromatic heterocycles. The van der Waals surface area contributed by atoms with E-state index in [1.165, 1.54) is 12.8 Å². The van der Waals surface area contributed by atoms with Gasteiger partial charge in [-0.2, -0.15) is 0 Å². The largest absolute Gasteiger partial charge is 0.481 e. The average molecular weight is 199 g/mol. The van der Waals surface area contributed by atoms with E-state index in [9.17, 15) is 4.79 Å². The number of ether oxygens (including phenoxy) is 1. The molecule has 1 N–H and O–H groups in total. The zero-order valence-electron chi connectivity index (χ0n) is 8.32. The first-order chi connectivity index (χ1) is 6.77. The van der Waals surface area contributed by atoms with Gasteiger partial charge in [0.25, 0.3) is 0 Å². The minimum absolute atomic E-state index is 0.103. The fourth-order valence-corrected chi connectivity index (χ4v) is 2.50. The van der Waals surface area contributed by atoms with Crippen LogP contribution in [0.1, 0.15) is 25.7 Å². The maximum absolute atomic E-state index is 10.7. The summed E-state index contributed by atoms with van der Waals surface area (Å²) in [6, 6.07) is 0.577. The van der Waals surface area contributed by atoms with E-state index in [2.05, 4.69) is 4.90 Å². The monoisotopic (exact) mass is 199 g/mol. The van der Waals surface area contributed by atoms with E-state index in [-0.39, 0.29) is 12.5 Å². The third-order valence-corrected chi connectivity index (χ3v) is 3.17. The van der Waals surface area contributed by atoms with Gasteiger partial charge in [-0.05, 0) is 19.4 Å². The van der Waals surface area contributed by atoms with E-state index < -0.39 is 5.97 Å². The molecule has 0 spiro atoms. The van der Waals surface area contributed by atoms with Crippen LogP contribution < -0.4 is 0 Å². The number of piperidine rings is 1. The second-order valence-electron chi connectivity index (χ2n) is 4.18. The van der Waals surface area contributed by atoms with Crippen molar-refractivity contribution >= 4 is 5.97 Å². The smallest absolute Gasteiger partial charge is 0.305 e. The number of carbonyl (C=O) groups is 1. The Hall–Kier alpha value is -0.610. The van der Waals surface area contributed by atoms with E-state index >= 15 is 0 Å². The standard InChI is InChI=1S/C10H17NO3/c12-10(13)5-9-7-14-6-8-3-1-2-4-11(8)9/h8-9H,1-7H2,(H,12,13). The van der Waals surface area contributed by atoms with Crippen LogP contribution in [0.15, 0.2) is 0 Å². The van der Waals surface area contributed by atoms with Crippen LogP contribution >= 0.6 is 0 Å². The fourth-order valence-electron chi connectivity index (χ4n) is 2.50. The zero-order chi connectivity index (χ0) is 9.97. The lowest BCUT2D eigenvalue weighted by molar-refractivity contribution is -0.142. The van der Waals surface area contributed by atoms with Gasteiger partial charge >= 0.3 is 5.97 Å². The van der Waals surface area contributed by atoms with Crippen molar-refractivity contribution in [2.24, 2.45) is 0 Å². The number of nitrogens with zero attached hydrogens (tertiary/aromatic N) is 1. The number of rotatable bonds is 2. The highest BCUT2D eigenvalue weighted by molar-refractivity contribution is 5.67. The molecule has 2 aliphatic heterocycles. The zero-order valence-corrected chi connectivity index (χ0v) is 8.32. The SMILES string of the molecule is O=C(O)CC1COCC2CCCCN21. The van der Waals surface area contributed by atoms with Crippen LogP contribution in [0, 0.1) is 0 Å². The maximum Gasteiger partial charge on any atom is 0.305 e. The summed E-state index contributed by atoms with van der Waals surface area (Å²) in [5.74, 6) is -0.718. The second kappa shape index (κ2) is 4.28. The molecule has 0 aromatic rings. The highest BCUT2D eigenvalue weighted by atomic mass is 16.5. The third kappa shape index (κ3) is 2.07. The molecule has 0 amide bonds. The van der Waals surface area contributed by atoms with Gasteiger partial charge in [0.2, 0.25) is 0 Å². The summed E-state index contributed by atoms with van der Waals surface area (Å²) < 4.78 is 5.45. The molecule has 2 saturated heterocycles. The van der Waals surface area contributed by atoms with Gasteiger partial charge in [0, 0.05) is 12.1 Å². The van der Waals surface area contributed by atoms with E-state index in [0.717, 1.165) is 19.6 Å². The molecule has 4 heteroatoms. The lowest BCUT2D eigenvalue weighted by atomic mass is 9.98. The maximum atomic E-state index is 10.7. The Morgan fingerprint density at radius 2 is 2.29 bits per heavy atom. The normalized spacial score (nSPS) is 33.7. The second-order valence-corrected chi connectivity index (χ2v) is 4.18. The van der Waals surface area contributed by atoms with Crippen LogP contribution in [0.4, 0.5) is 0 Å². The Labute approximate surface area is 83.8 Å². The first-order valence-corrected chi connectivity index (χ1v) is 5.32. The predicted octanol–water partition coefficient (Wildman–Crippen LogP) is 0.714. The molecular formula is C10H17NO3. The minimum Gasteiger partial charge on any atom is -0.481 e. The van der Waals surface area contributed by atoms with Crippen LogP contribution in [0.5, 0.6) is 0 Å². The minimum atomic E-state index is -0.718. The predicted molar refractivity (Wildman–Crippen MR) is 51.2 cm³/mol. The van der Waals surface area contributed by atoms with Crippen molar-refractivity contribution < 1.29 is 14.6 Å². The summed E-state index contributed by atoms with van der Waals surface area (Å²) in [7, 11) is 0. The summed E-state index contributed by atoms with van der Waals surface area (Å²) in [6.45, 7) is 2.42. The Kier molecular flexibility index (Phi) is 3.03. The highest BCUT2D eigenvalue weighted by Gasteiger charge is 2.33. The molecule has 2 unspecified atom stereocenters. The molecule has 2 atom stereocenters. The van der Waals surface area contributed by atoms with E-state index in [1.54, 1.807) is 0 Å². The summed E-state index contributed by atoms with van der Waals surface area (Å²) in [5, 5.41) is 8.77. The molecular weight excluding hydrogens is 182 g/mol. The Balaban J connectivity index is 1.97. The first kappa shape index (κ1) is 9.93. The van der Waals surface area contributed by atoms with Gasteiger partial charge in [0.05, 0.1) is 19.6 Å². The van der Waals surface area contributed by atoms with Crippen LogP contribution in [0.25, 0.3) is 0 Å². The van der Waals surface area contributed by atoms with Gasteiger partial charge in [0.1, 0.15) is 0 Å². The van der Waals surface area contributed by atoms with E-state index in [1.807, 2.05) is 0 Å². The third-order valence-electron chi connectivity index (χ3n) is 3.17. The van der Waals surface area contributed by atoms with Crippen LogP contribution in [0.2, 0.25) is 0 Å². The molecule has 0 saturated carbocycles. The van der Waals surface area contributed by atoms with Crippen molar-refractivity contribution in [2.45, 2.75) is 37.8 Å². The molecule has 2 rings (SSSR count). The van der Waals surface area contributed by atoms with Crippen molar-refractivity contribution in [3.05, 3.63) is 0 Å². The lowest BCUT2D eigenvalue weighted by Crippen LogP contribution is -2.54. The molecule has 0 aromatic carbocycles.